The Morgan fingerprint density at radius 3 is 2.10 bits per heavy atom. The first-order chi connectivity index (χ1) is 9.97. The van der Waals surface area contributed by atoms with Gasteiger partial charge in [0.05, 0.1) is 0 Å². The molecule has 0 aromatic heterocycles. The van der Waals surface area contributed by atoms with Gasteiger partial charge in [0, 0.05) is 35.9 Å². The monoisotopic (exact) mass is 302 g/mol. The number of halogens is 1. The van der Waals surface area contributed by atoms with Gasteiger partial charge in [-0.1, -0.05) is 11.6 Å². The van der Waals surface area contributed by atoms with E-state index in [-0.39, 0.29) is 11.8 Å². The van der Waals surface area contributed by atoms with Gasteiger partial charge in [0.2, 0.25) is 5.91 Å². The van der Waals surface area contributed by atoms with Crippen molar-refractivity contribution in [3.8, 4) is 0 Å². The number of rotatable bonds is 3. The van der Waals surface area contributed by atoms with Gasteiger partial charge < -0.3 is 10.2 Å². The topological polar surface area (TPSA) is 49.4 Å². The van der Waals surface area contributed by atoms with Crippen LogP contribution in [0, 0.1) is 0 Å². The molecule has 2 aromatic carbocycles. The molecule has 0 aliphatic carbocycles. The maximum atomic E-state index is 12.0. The Morgan fingerprint density at radius 1 is 1.00 bits per heavy atom. The molecule has 5 heteroatoms. The van der Waals surface area contributed by atoms with Crippen molar-refractivity contribution in [2.75, 3.05) is 17.3 Å². The smallest absolute Gasteiger partial charge is 0.255 e. The first-order valence-corrected chi connectivity index (χ1v) is 6.76. The molecule has 1 N–H and O–H groups in total. The van der Waals surface area contributed by atoms with Gasteiger partial charge in [-0.15, -0.1) is 0 Å². The minimum atomic E-state index is -0.209. The van der Waals surface area contributed by atoms with Crippen LogP contribution in [0.5, 0.6) is 0 Å². The summed E-state index contributed by atoms with van der Waals surface area (Å²) in [7, 11) is 1.70. The van der Waals surface area contributed by atoms with Crippen molar-refractivity contribution in [3.63, 3.8) is 0 Å². The fraction of sp³-hybridized carbons (Fsp3) is 0.125. The van der Waals surface area contributed by atoms with Gasteiger partial charge in [0.1, 0.15) is 0 Å². The lowest BCUT2D eigenvalue weighted by Gasteiger charge is -2.15. The molecule has 0 aliphatic rings. The van der Waals surface area contributed by atoms with Crippen LogP contribution in [0.1, 0.15) is 17.3 Å². The maximum Gasteiger partial charge on any atom is 0.255 e. The number of hydrogen-bond acceptors (Lipinski definition) is 2. The van der Waals surface area contributed by atoms with Crippen molar-refractivity contribution in [3.05, 3.63) is 59.1 Å². The average molecular weight is 303 g/mol. The number of benzene rings is 2. The molecule has 2 aromatic rings. The van der Waals surface area contributed by atoms with Crippen molar-refractivity contribution < 1.29 is 9.59 Å². The maximum absolute atomic E-state index is 12.0. The Labute approximate surface area is 128 Å². The molecule has 0 spiro atoms. The third-order valence-corrected chi connectivity index (χ3v) is 3.34. The lowest BCUT2D eigenvalue weighted by atomic mass is 10.2. The third-order valence-electron chi connectivity index (χ3n) is 3.09. The Kier molecular flexibility index (Phi) is 4.60. The van der Waals surface area contributed by atoms with Gasteiger partial charge in [-0.3, -0.25) is 9.59 Å². The molecule has 0 saturated heterocycles. The second-order valence-corrected chi connectivity index (χ2v) is 5.02. The second-order valence-electron chi connectivity index (χ2n) is 4.59. The highest BCUT2D eigenvalue weighted by Gasteiger charge is 2.08. The zero-order chi connectivity index (χ0) is 15.4. The van der Waals surface area contributed by atoms with Crippen molar-refractivity contribution in [2.24, 2.45) is 0 Å². The molecule has 108 valence electrons. The van der Waals surface area contributed by atoms with Crippen molar-refractivity contribution in [1.29, 1.82) is 0 Å². The van der Waals surface area contributed by atoms with E-state index in [9.17, 15) is 9.59 Å². The summed E-state index contributed by atoms with van der Waals surface area (Å²) in [6, 6.07) is 13.7. The summed E-state index contributed by atoms with van der Waals surface area (Å²) in [5.41, 5.74) is 1.96. The molecule has 2 rings (SSSR count). The van der Waals surface area contributed by atoms with Gasteiger partial charge in [0.15, 0.2) is 0 Å². The standard InChI is InChI=1S/C16H15ClN2O2/c1-11(20)19(2)15-9-7-14(8-10-15)18-16(21)12-3-5-13(17)6-4-12/h3-10H,1-2H3,(H,18,21). The number of anilines is 2. The number of amides is 2. The van der Waals surface area contributed by atoms with Gasteiger partial charge in [-0.05, 0) is 48.5 Å². The largest absolute Gasteiger partial charge is 0.322 e. The normalized spacial score (nSPS) is 10.0. The summed E-state index contributed by atoms with van der Waals surface area (Å²) in [4.78, 5) is 24.8. The van der Waals surface area contributed by atoms with Crippen LogP contribution in [0.2, 0.25) is 5.02 Å². The highest BCUT2D eigenvalue weighted by atomic mass is 35.5. The number of nitrogens with one attached hydrogen (secondary N) is 1. The van der Waals surface area contributed by atoms with E-state index in [1.807, 2.05) is 0 Å². The molecule has 0 saturated carbocycles. The van der Waals surface area contributed by atoms with Crippen LogP contribution < -0.4 is 10.2 Å². The Hall–Kier alpha value is -2.33. The number of nitrogens with zero attached hydrogens (tertiary/aromatic N) is 1. The fourth-order valence-corrected chi connectivity index (χ4v) is 1.88. The van der Waals surface area contributed by atoms with E-state index in [4.69, 9.17) is 11.6 Å². The van der Waals surface area contributed by atoms with E-state index in [2.05, 4.69) is 5.32 Å². The van der Waals surface area contributed by atoms with E-state index < -0.39 is 0 Å². The Morgan fingerprint density at radius 2 is 1.57 bits per heavy atom. The predicted octanol–water partition coefficient (Wildman–Crippen LogP) is 3.58. The summed E-state index contributed by atoms with van der Waals surface area (Å²) in [6.07, 6.45) is 0. The molecular weight excluding hydrogens is 288 g/mol. The van der Waals surface area contributed by atoms with E-state index in [0.29, 0.717) is 16.3 Å². The molecule has 0 unspecified atom stereocenters. The van der Waals surface area contributed by atoms with Crippen molar-refractivity contribution >= 4 is 34.8 Å². The van der Waals surface area contributed by atoms with Gasteiger partial charge >= 0.3 is 0 Å². The van der Waals surface area contributed by atoms with Crippen LogP contribution >= 0.6 is 11.6 Å². The lowest BCUT2D eigenvalue weighted by molar-refractivity contribution is -0.116. The minimum absolute atomic E-state index is 0.0482. The molecule has 0 heterocycles. The van der Waals surface area contributed by atoms with E-state index >= 15 is 0 Å². The highest BCUT2D eigenvalue weighted by molar-refractivity contribution is 6.30. The quantitative estimate of drug-likeness (QED) is 0.942. The zero-order valence-electron chi connectivity index (χ0n) is 11.8. The van der Waals surface area contributed by atoms with E-state index in [1.54, 1.807) is 55.6 Å². The van der Waals surface area contributed by atoms with Crippen LogP contribution in [-0.2, 0) is 4.79 Å². The third kappa shape index (κ3) is 3.83. The summed E-state index contributed by atoms with van der Waals surface area (Å²) in [5, 5.41) is 3.37. The first-order valence-electron chi connectivity index (χ1n) is 6.38. The number of carbonyl (C=O) groups excluding carboxylic acids is 2. The van der Waals surface area contributed by atoms with Crippen LogP contribution in [0.3, 0.4) is 0 Å². The first kappa shape index (κ1) is 15.1. The number of hydrogen-bond donors (Lipinski definition) is 1. The van der Waals surface area contributed by atoms with Gasteiger partial charge in [0.25, 0.3) is 5.91 Å². The Bertz CT molecular complexity index is 651. The molecule has 21 heavy (non-hydrogen) atoms. The van der Waals surface area contributed by atoms with Gasteiger partial charge in [-0.2, -0.15) is 0 Å². The van der Waals surface area contributed by atoms with Crippen molar-refractivity contribution in [2.45, 2.75) is 6.92 Å². The van der Waals surface area contributed by atoms with Crippen molar-refractivity contribution in [1.82, 2.24) is 0 Å². The van der Waals surface area contributed by atoms with Crippen LogP contribution in [0.15, 0.2) is 48.5 Å². The molecule has 2 amide bonds. The van der Waals surface area contributed by atoms with E-state index in [0.717, 1.165) is 5.69 Å². The number of carbonyl (C=O) groups is 2. The van der Waals surface area contributed by atoms with Crippen LogP contribution in [0.4, 0.5) is 11.4 Å². The average Bonchev–Trinajstić information content (AvgIpc) is 2.47. The second kappa shape index (κ2) is 6.41. The molecular formula is C16H15ClN2O2. The molecule has 0 atom stereocenters. The minimum Gasteiger partial charge on any atom is -0.322 e. The molecule has 0 radical (unpaired) electrons. The molecule has 0 aliphatic heterocycles. The highest BCUT2D eigenvalue weighted by Crippen LogP contribution is 2.18. The molecule has 4 nitrogen and oxygen atoms in total. The predicted molar refractivity (Wildman–Crippen MR) is 84.9 cm³/mol. The fourth-order valence-electron chi connectivity index (χ4n) is 1.75. The SMILES string of the molecule is CC(=O)N(C)c1ccc(NC(=O)c2ccc(Cl)cc2)cc1. The summed E-state index contributed by atoms with van der Waals surface area (Å²) in [5.74, 6) is -0.257. The molecule has 0 fully saturated rings. The Balaban J connectivity index is 2.08. The summed E-state index contributed by atoms with van der Waals surface area (Å²) >= 11 is 5.79. The zero-order valence-corrected chi connectivity index (χ0v) is 12.5. The van der Waals surface area contributed by atoms with Crippen LogP contribution in [0.25, 0.3) is 0 Å². The summed E-state index contributed by atoms with van der Waals surface area (Å²) in [6.45, 7) is 1.50. The van der Waals surface area contributed by atoms with E-state index in [1.165, 1.54) is 11.8 Å². The van der Waals surface area contributed by atoms with Gasteiger partial charge in [-0.25, -0.2) is 0 Å². The summed E-state index contributed by atoms with van der Waals surface area (Å²) < 4.78 is 0. The van der Waals surface area contributed by atoms with Crippen LogP contribution in [-0.4, -0.2) is 18.9 Å². The molecule has 0 bridgehead atoms. The lowest BCUT2D eigenvalue weighted by Crippen LogP contribution is -2.22.